The summed E-state index contributed by atoms with van der Waals surface area (Å²) in [6, 6.07) is 0.440. The Labute approximate surface area is 121 Å². The molecule has 20 heavy (non-hydrogen) atoms. The summed E-state index contributed by atoms with van der Waals surface area (Å²) in [7, 11) is 3.26. The molecule has 1 heterocycles. The SMILES string of the molecule is CNC(CSc1nnnn1C1CC1)(C(=O)OC)C1CC1. The molecule has 2 saturated carbocycles. The number of hydrogen-bond donors (Lipinski definition) is 1. The third-order valence-corrected chi connectivity index (χ3v) is 5.18. The highest BCUT2D eigenvalue weighted by atomic mass is 32.2. The number of esters is 1. The minimum absolute atomic E-state index is 0.194. The number of rotatable bonds is 7. The number of methoxy groups -OCH3 is 1. The van der Waals surface area contributed by atoms with E-state index < -0.39 is 5.54 Å². The number of carbonyl (C=O) groups excluding carboxylic acids is 1. The smallest absolute Gasteiger partial charge is 0.327 e. The minimum atomic E-state index is -0.625. The Bertz CT molecular complexity index is 500. The topological polar surface area (TPSA) is 81.9 Å². The molecule has 0 radical (unpaired) electrons. The van der Waals surface area contributed by atoms with Crippen LogP contribution in [0.15, 0.2) is 5.16 Å². The second kappa shape index (κ2) is 5.33. The number of hydrogen-bond acceptors (Lipinski definition) is 7. The summed E-state index contributed by atoms with van der Waals surface area (Å²) in [5.41, 5.74) is -0.625. The number of thioether (sulfide) groups is 1. The third kappa shape index (κ3) is 2.42. The van der Waals surface area contributed by atoms with Crippen molar-refractivity contribution < 1.29 is 9.53 Å². The van der Waals surface area contributed by atoms with Gasteiger partial charge in [-0.25, -0.2) is 4.68 Å². The van der Waals surface area contributed by atoms with Gasteiger partial charge in [0.15, 0.2) is 0 Å². The van der Waals surface area contributed by atoms with Gasteiger partial charge in [-0.2, -0.15) is 0 Å². The van der Waals surface area contributed by atoms with E-state index in [1.165, 1.54) is 18.9 Å². The first-order valence-electron chi connectivity index (χ1n) is 6.89. The number of likely N-dealkylation sites (N-methyl/N-ethyl adjacent to an activating group) is 1. The van der Waals surface area contributed by atoms with Gasteiger partial charge in [-0.05, 0) is 49.1 Å². The lowest BCUT2D eigenvalue weighted by Gasteiger charge is -2.30. The van der Waals surface area contributed by atoms with E-state index in [0.29, 0.717) is 17.7 Å². The summed E-state index contributed by atoms with van der Waals surface area (Å²) in [4.78, 5) is 12.2. The number of ether oxygens (including phenoxy) is 1. The van der Waals surface area contributed by atoms with Crippen molar-refractivity contribution in [3.8, 4) is 0 Å². The normalized spacial score (nSPS) is 21.5. The standard InChI is InChI=1S/C12H19N5O2S/c1-13-12(8-3-4-8,10(18)19-2)7-20-11-14-15-16-17(11)9-5-6-9/h8-9,13H,3-7H2,1-2H3. The lowest BCUT2D eigenvalue weighted by molar-refractivity contribution is -0.148. The first kappa shape index (κ1) is 13.8. The van der Waals surface area contributed by atoms with Crippen molar-refractivity contribution in [1.29, 1.82) is 0 Å². The summed E-state index contributed by atoms with van der Waals surface area (Å²) < 4.78 is 6.86. The van der Waals surface area contributed by atoms with Gasteiger partial charge in [0, 0.05) is 5.75 Å². The fourth-order valence-electron chi connectivity index (χ4n) is 2.49. The minimum Gasteiger partial charge on any atom is -0.468 e. The summed E-state index contributed by atoms with van der Waals surface area (Å²) in [5.74, 6) is 0.742. The molecule has 0 spiro atoms. The molecule has 8 heteroatoms. The number of nitrogens with zero attached hydrogens (tertiary/aromatic N) is 4. The summed E-state index contributed by atoms with van der Waals surface area (Å²) in [5, 5.41) is 15.8. The monoisotopic (exact) mass is 297 g/mol. The molecule has 0 bridgehead atoms. The van der Waals surface area contributed by atoms with Crippen LogP contribution in [0, 0.1) is 5.92 Å². The molecule has 0 saturated heterocycles. The highest BCUT2D eigenvalue weighted by molar-refractivity contribution is 7.99. The largest absolute Gasteiger partial charge is 0.468 e. The number of tetrazole rings is 1. The number of carbonyl (C=O) groups is 1. The van der Waals surface area contributed by atoms with Gasteiger partial charge >= 0.3 is 5.97 Å². The van der Waals surface area contributed by atoms with Crippen molar-refractivity contribution in [2.45, 2.75) is 42.4 Å². The van der Waals surface area contributed by atoms with Crippen molar-refractivity contribution in [3.63, 3.8) is 0 Å². The fourth-order valence-corrected chi connectivity index (χ4v) is 3.75. The van der Waals surface area contributed by atoms with E-state index in [0.717, 1.165) is 30.8 Å². The van der Waals surface area contributed by atoms with E-state index in [1.54, 1.807) is 0 Å². The van der Waals surface area contributed by atoms with Crippen LogP contribution in [0.1, 0.15) is 31.7 Å². The molecule has 2 aliphatic rings. The van der Waals surface area contributed by atoms with Gasteiger partial charge < -0.3 is 10.1 Å². The van der Waals surface area contributed by atoms with E-state index in [4.69, 9.17) is 4.74 Å². The van der Waals surface area contributed by atoms with Gasteiger partial charge in [-0.3, -0.25) is 4.79 Å². The summed E-state index contributed by atoms with van der Waals surface area (Å²) in [6.07, 6.45) is 4.39. The molecular weight excluding hydrogens is 278 g/mol. The lowest BCUT2D eigenvalue weighted by atomic mass is 9.96. The van der Waals surface area contributed by atoms with Gasteiger partial charge in [-0.15, -0.1) is 5.10 Å². The number of nitrogens with one attached hydrogen (secondary N) is 1. The average Bonchev–Trinajstić information content (AvgIpc) is 3.39. The van der Waals surface area contributed by atoms with E-state index in [1.807, 2.05) is 11.7 Å². The Balaban J connectivity index is 1.73. The van der Waals surface area contributed by atoms with Gasteiger partial charge in [0.25, 0.3) is 0 Å². The van der Waals surface area contributed by atoms with E-state index in [9.17, 15) is 4.79 Å². The van der Waals surface area contributed by atoms with Gasteiger partial charge in [0.1, 0.15) is 5.54 Å². The van der Waals surface area contributed by atoms with Crippen molar-refractivity contribution in [3.05, 3.63) is 0 Å². The maximum absolute atomic E-state index is 12.2. The molecule has 7 nitrogen and oxygen atoms in total. The molecule has 2 fully saturated rings. The molecule has 1 unspecified atom stereocenters. The van der Waals surface area contributed by atoms with Crippen LogP contribution in [0.5, 0.6) is 0 Å². The Morgan fingerprint density at radius 2 is 2.25 bits per heavy atom. The maximum atomic E-state index is 12.2. The molecule has 1 aromatic rings. The van der Waals surface area contributed by atoms with Crippen LogP contribution in [0.4, 0.5) is 0 Å². The number of aromatic nitrogens is 4. The van der Waals surface area contributed by atoms with Crippen molar-refractivity contribution in [2.75, 3.05) is 19.9 Å². The maximum Gasteiger partial charge on any atom is 0.327 e. The van der Waals surface area contributed by atoms with Gasteiger partial charge in [-0.1, -0.05) is 11.8 Å². The first-order valence-corrected chi connectivity index (χ1v) is 7.88. The van der Waals surface area contributed by atoms with Crippen LogP contribution in [0.25, 0.3) is 0 Å². The predicted octanol–water partition coefficient (Wildman–Crippen LogP) is 0.641. The molecule has 1 N–H and O–H groups in total. The zero-order valence-electron chi connectivity index (χ0n) is 11.7. The summed E-state index contributed by atoms with van der Waals surface area (Å²) >= 11 is 1.53. The van der Waals surface area contributed by atoms with E-state index >= 15 is 0 Å². The van der Waals surface area contributed by atoms with Crippen LogP contribution in [-0.4, -0.2) is 51.6 Å². The highest BCUT2D eigenvalue weighted by Gasteiger charge is 2.51. The lowest BCUT2D eigenvalue weighted by Crippen LogP contribution is -2.55. The molecule has 0 amide bonds. The molecule has 0 aromatic carbocycles. The molecule has 3 rings (SSSR count). The third-order valence-electron chi connectivity index (χ3n) is 4.05. The Kier molecular flexibility index (Phi) is 3.68. The van der Waals surface area contributed by atoms with Crippen molar-refractivity contribution in [2.24, 2.45) is 5.92 Å². The Hall–Kier alpha value is -1.15. The second-order valence-electron chi connectivity index (χ2n) is 5.41. The fraction of sp³-hybridized carbons (Fsp3) is 0.833. The average molecular weight is 297 g/mol. The van der Waals surface area contributed by atoms with Crippen LogP contribution >= 0.6 is 11.8 Å². The van der Waals surface area contributed by atoms with Crippen LogP contribution < -0.4 is 5.32 Å². The molecule has 1 aromatic heterocycles. The molecular formula is C12H19N5O2S. The molecule has 110 valence electrons. The van der Waals surface area contributed by atoms with Gasteiger partial charge in [0.2, 0.25) is 5.16 Å². The summed E-state index contributed by atoms with van der Waals surface area (Å²) in [6.45, 7) is 0. The zero-order chi connectivity index (χ0) is 14.2. The predicted molar refractivity (Wildman–Crippen MR) is 73.3 cm³/mol. The molecule has 1 atom stereocenters. The first-order chi connectivity index (χ1) is 9.71. The van der Waals surface area contributed by atoms with E-state index in [-0.39, 0.29) is 5.97 Å². The quantitative estimate of drug-likeness (QED) is 0.584. The second-order valence-corrected chi connectivity index (χ2v) is 6.36. The van der Waals surface area contributed by atoms with Gasteiger partial charge in [0.05, 0.1) is 13.2 Å². The van der Waals surface area contributed by atoms with Crippen LogP contribution in [-0.2, 0) is 9.53 Å². The van der Waals surface area contributed by atoms with Crippen LogP contribution in [0.2, 0.25) is 0 Å². The van der Waals surface area contributed by atoms with Crippen LogP contribution in [0.3, 0.4) is 0 Å². The molecule has 2 aliphatic carbocycles. The Morgan fingerprint density at radius 3 is 2.80 bits per heavy atom. The highest BCUT2D eigenvalue weighted by Crippen LogP contribution is 2.43. The zero-order valence-corrected chi connectivity index (χ0v) is 12.5. The van der Waals surface area contributed by atoms with Crippen molar-refractivity contribution >= 4 is 17.7 Å². The molecule has 0 aliphatic heterocycles. The van der Waals surface area contributed by atoms with Crippen molar-refractivity contribution in [1.82, 2.24) is 25.5 Å². The van der Waals surface area contributed by atoms with E-state index in [2.05, 4.69) is 20.8 Å². The Morgan fingerprint density at radius 1 is 1.50 bits per heavy atom.